The van der Waals surface area contributed by atoms with Crippen LogP contribution in [0.2, 0.25) is 0 Å². The number of anilines is 1. The van der Waals surface area contributed by atoms with E-state index in [1.807, 2.05) is 6.07 Å². The van der Waals surface area contributed by atoms with Crippen LogP contribution < -0.4 is 9.46 Å². The molecular weight excluding hydrogens is 370 g/mol. The molecule has 3 rings (SSSR count). The van der Waals surface area contributed by atoms with Crippen LogP contribution in [0.3, 0.4) is 0 Å². The predicted octanol–water partition coefficient (Wildman–Crippen LogP) is 3.13. The summed E-state index contributed by atoms with van der Waals surface area (Å²) in [5, 5.41) is 7.53. The maximum absolute atomic E-state index is 12.5. The second-order valence-corrected chi connectivity index (χ2v) is 7.08. The molecule has 114 valence electrons. The number of nitrogens with one attached hydrogen (secondary N) is 2. The van der Waals surface area contributed by atoms with Gasteiger partial charge >= 0.3 is 0 Å². The van der Waals surface area contributed by atoms with Gasteiger partial charge in [-0.2, -0.15) is 5.10 Å². The molecule has 2 N–H and O–H groups in total. The summed E-state index contributed by atoms with van der Waals surface area (Å²) < 4.78 is 33.3. The number of ether oxygens (including phenoxy) is 1. The molecule has 0 aliphatic carbocycles. The van der Waals surface area contributed by atoms with Crippen LogP contribution in [-0.4, -0.2) is 25.7 Å². The molecule has 2 aromatic carbocycles. The zero-order chi connectivity index (χ0) is 15.7. The van der Waals surface area contributed by atoms with Crippen molar-refractivity contribution in [3.63, 3.8) is 0 Å². The fraction of sp³-hybridized carbons (Fsp3) is 0.0714. The van der Waals surface area contributed by atoms with Crippen LogP contribution in [0.25, 0.3) is 10.9 Å². The van der Waals surface area contributed by atoms with E-state index in [1.165, 1.54) is 19.2 Å². The average molecular weight is 382 g/mol. The number of H-pyrrole nitrogens is 1. The number of benzene rings is 2. The minimum atomic E-state index is -3.71. The number of aromatic nitrogens is 2. The zero-order valence-corrected chi connectivity index (χ0v) is 13.9. The van der Waals surface area contributed by atoms with E-state index in [-0.39, 0.29) is 4.90 Å². The second-order valence-electron chi connectivity index (χ2n) is 4.54. The molecule has 0 saturated carbocycles. The fourth-order valence-corrected chi connectivity index (χ4v) is 3.86. The van der Waals surface area contributed by atoms with Gasteiger partial charge in [-0.1, -0.05) is 12.1 Å². The minimum Gasteiger partial charge on any atom is -0.496 e. The van der Waals surface area contributed by atoms with Crippen LogP contribution in [-0.2, 0) is 10.0 Å². The predicted molar refractivity (Wildman–Crippen MR) is 87.6 cm³/mol. The Morgan fingerprint density at radius 2 is 2.09 bits per heavy atom. The van der Waals surface area contributed by atoms with Crippen LogP contribution >= 0.6 is 15.9 Å². The molecule has 0 amide bonds. The number of rotatable bonds is 4. The lowest BCUT2D eigenvalue weighted by molar-refractivity contribution is 0.411. The van der Waals surface area contributed by atoms with Gasteiger partial charge in [-0.3, -0.25) is 9.82 Å². The van der Waals surface area contributed by atoms with Crippen molar-refractivity contribution in [2.45, 2.75) is 4.90 Å². The first-order valence-corrected chi connectivity index (χ1v) is 8.57. The third kappa shape index (κ3) is 2.67. The van der Waals surface area contributed by atoms with Gasteiger partial charge in [0.1, 0.15) is 5.75 Å². The summed E-state index contributed by atoms with van der Waals surface area (Å²) in [6.07, 6.45) is 1.64. The molecule has 0 aliphatic rings. The maximum Gasteiger partial charge on any atom is 0.262 e. The van der Waals surface area contributed by atoms with Gasteiger partial charge in [-0.05, 0) is 40.2 Å². The second kappa shape index (κ2) is 5.62. The topological polar surface area (TPSA) is 84.1 Å². The Morgan fingerprint density at radius 1 is 1.27 bits per heavy atom. The van der Waals surface area contributed by atoms with Crippen LogP contribution in [0.5, 0.6) is 5.75 Å². The molecule has 0 atom stereocenters. The molecular formula is C14H12BrN3O3S. The SMILES string of the molecule is COc1ccc(S(=O)(=O)Nc2cccc3cn[nH]c23)cc1Br. The molecule has 1 aromatic heterocycles. The third-order valence-electron chi connectivity index (χ3n) is 3.15. The van der Waals surface area contributed by atoms with Gasteiger partial charge in [-0.25, -0.2) is 8.42 Å². The first kappa shape index (κ1) is 14.9. The van der Waals surface area contributed by atoms with Gasteiger partial charge in [0.2, 0.25) is 0 Å². The zero-order valence-electron chi connectivity index (χ0n) is 11.5. The smallest absolute Gasteiger partial charge is 0.262 e. The molecule has 0 saturated heterocycles. The normalized spacial score (nSPS) is 11.5. The van der Waals surface area contributed by atoms with Crippen LogP contribution in [0.15, 0.2) is 52.0 Å². The van der Waals surface area contributed by atoms with Crippen LogP contribution in [0.1, 0.15) is 0 Å². The van der Waals surface area contributed by atoms with Gasteiger partial charge in [0, 0.05) is 5.39 Å². The van der Waals surface area contributed by atoms with Gasteiger partial charge in [0.25, 0.3) is 10.0 Å². The van der Waals surface area contributed by atoms with Crippen molar-refractivity contribution in [1.82, 2.24) is 10.2 Å². The third-order valence-corrected chi connectivity index (χ3v) is 5.14. The molecule has 1 heterocycles. The molecule has 0 bridgehead atoms. The Bertz CT molecular complexity index is 937. The number of para-hydroxylation sites is 1. The van der Waals surface area contributed by atoms with Crippen LogP contribution in [0.4, 0.5) is 5.69 Å². The molecule has 8 heteroatoms. The fourth-order valence-electron chi connectivity index (χ4n) is 2.07. The first-order chi connectivity index (χ1) is 10.5. The van der Waals surface area contributed by atoms with E-state index in [0.29, 0.717) is 21.4 Å². The van der Waals surface area contributed by atoms with E-state index >= 15 is 0 Å². The number of halogens is 1. The first-order valence-electron chi connectivity index (χ1n) is 6.30. The van der Waals surface area contributed by atoms with Gasteiger partial charge in [0.15, 0.2) is 0 Å². The Labute approximate surface area is 135 Å². The largest absolute Gasteiger partial charge is 0.496 e. The molecule has 0 spiro atoms. The summed E-state index contributed by atoms with van der Waals surface area (Å²) >= 11 is 3.29. The monoisotopic (exact) mass is 381 g/mol. The molecule has 3 aromatic rings. The van der Waals surface area contributed by atoms with Gasteiger partial charge in [0.05, 0.1) is 33.9 Å². The van der Waals surface area contributed by atoms with Crippen molar-refractivity contribution in [3.05, 3.63) is 47.1 Å². The van der Waals surface area contributed by atoms with Crippen molar-refractivity contribution >= 4 is 42.5 Å². The number of sulfonamides is 1. The van der Waals surface area contributed by atoms with Crippen molar-refractivity contribution in [2.24, 2.45) is 0 Å². The average Bonchev–Trinajstić information content (AvgIpc) is 2.96. The highest BCUT2D eigenvalue weighted by Crippen LogP contribution is 2.29. The summed E-state index contributed by atoms with van der Waals surface area (Å²) in [5.41, 5.74) is 1.08. The summed E-state index contributed by atoms with van der Waals surface area (Å²) in [7, 11) is -2.19. The van der Waals surface area contributed by atoms with Crippen molar-refractivity contribution in [3.8, 4) is 5.75 Å². The number of hydrogen-bond donors (Lipinski definition) is 2. The standard InChI is InChI=1S/C14H12BrN3O3S/c1-21-13-6-5-10(7-11(13)15)22(19,20)18-12-4-2-3-9-8-16-17-14(9)12/h2-8,18H,1H3,(H,16,17). The molecule has 0 unspecified atom stereocenters. The Balaban J connectivity index is 2.00. The number of hydrogen-bond acceptors (Lipinski definition) is 4. The molecule has 0 aliphatic heterocycles. The van der Waals surface area contributed by atoms with E-state index in [2.05, 4.69) is 30.8 Å². The molecule has 22 heavy (non-hydrogen) atoms. The quantitative estimate of drug-likeness (QED) is 0.726. The summed E-state index contributed by atoms with van der Waals surface area (Å²) in [5.74, 6) is 0.564. The van der Waals surface area contributed by atoms with Gasteiger partial charge < -0.3 is 4.74 Å². The van der Waals surface area contributed by atoms with E-state index in [0.717, 1.165) is 5.39 Å². The Morgan fingerprint density at radius 3 is 2.82 bits per heavy atom. The van der Waals surface area contributed by atoms with E-state index in [1.54, 1.807) is 24.4 Å². The molecule has 0 fully saturated rings. The number of methoxy groups -OCH3 is 1. The highest BCUT2D eigenvalue weighted by molar-refractivity contribution is 9.10. The Hall–Kier alpha value is -2.06. The van der Waals surface area contributed by atoms with Gasteiger partial charge in [-0.15, -0.1) is 0 Å². The van der Waals surface area contributed by atoms with E-state index in [4.69, 9.17) is 4.74 Å². The van der Waals surface area contributed by atoms with Crippen molar-refractivity contribution in [1.29, 1.82) is 0 Å². The van der Waals surface area contributed by atoms with E-state index < -0.39 is 10.0 Å². The summed E-state index contributed by atoms with van der Waals surface area (Å²) in [6.45, 7) is 0. The van der Waals surface area contributed by atoms with Crippen molar-refractivity contribution < 1.29 is 13.2 Å². The maximum atomic E-state index is 12.5. The Kier molecular flexibility index (Phi) is 3.79. The minimum absolute atomic E-state index is 0.136. The lowest BCUT2D eigenvalue weighted by Crippen LogP contribution is -2.13. The lowest BCUT2D eigenvalue weighted by atomic mass is 10.2. The molecule has 0 radical (unpaired) electrons. The van der Waals surface area contributed by atoms with E-state index in [9.17, 15) is 8.42 Å². The highest BCUT2D eigenvalue weighted by atomic mass is 79.9. The summed E-state index contributed by atoms with van der Waals surface area (Å²) in [4.78, 5) is 0.136. The number of nitrogens with zero attached hydrogens (tertiary/aromatic N) is 1. The lowest BCUT2D eigenvalue weighted by Gasteiger charge is -2.10. The highest BCUT2D eigenvalue weighted by Gasteiger charge is 2.17. The molecule has 6 nitrogen and oxygen atoms in total. The van der Waals surface area contributed by atoms with Crippen LogP contribution in [0, 0.1) is 0 Å². The summed E-state index contributed by atoms with van der Waals surface area (Å²) in [6, 6.07) is 9.86. The number of fused-ring (bicyclic) bond motifs is 1. The number of aromatic amines is 1. The van der Waals surface area contributed by atoms with Crippen molar-refractivity contribution in [2.75, 3.05) is 11.8 Å².